The summed E-state index contributed by atoms with van der Waals surface area (Å²) in [5.41, 5.74) is -0.00608. The molecule has 1 saturated heterocycles. The van der Waals surface area contributed by atoms with Crippen LogP contribution in [0.1, 0.15) is 27.1 Å². The number of aromatic nitrogens is 1. The summed E-state index contributed by atoms with van der Waals surface area (Å²) in [5, 5.41) is 0.477. The van der Waals surface area contributed by atoms with Crippen LogP contribution < -0.4 is 4.90 Å². The summed E-state index contributed by atoms with van der Waals surface area (Å²) in [6.45, 7) is 1.98. The number of nitrogens with zero attached hydrogens (tertiary/aromatic N) is 2. The number of thiazole rings is 1. The van der Waals surface area contributed by atoms with Crippen LogP contribution in [0.5, 0.6) is 0 Å². The van der Waals surface area contributed by atoms with Crippen LogP contribution >= 0.6 is 11.3 Å². The first-order valence-corrected chi connectivity index (χ1v) is 8.53. The van der Waals surface area contributed by atoms with Crippen LogP contribution in [-0.4, -0.2) is 56.9 Å². The van der Waals surface area contributed by atoms with Crippen LogP contribution in [0.3, 0.4) is 0 Å². The van der Waals surface area contributed by atoms with Crippen molar-refractivity contribution in [3.8, 4) is 0 Å². The van der Waals surface area contributed by atoms with Crippen molar-refractivity contribution in [1.82, 2.24) is 4.98 Å². The van der Waals surface area contributed by atoms with E-state index < -0.39 is 15.8 Å². The summed E-state index contributed by atoms with van der Waals surface area (Å²) in [5.74, 6) is -0.827. The number of sulfone groups is 1. The van der Waals surface area contributed by atoms with E-state index in [4.69, 9.17) is 0 Å². The van der Waals surface area contributed by atoms with E-state index >= 15 is 0 Å². The van der Waals surface area contributed by atoms with Crippen molar-refractivity contribution in [1.29, 1.82) is 0 Å². The van der Waals surface area contributed by atoms with Gasteiger partial charge in [-0.2, -0.15) is 0 Å². The molecule has 1 aliphatic heterocycles. The number of ether oxygens (including phenoxy) is 1. The van der Waals surface area contributed by atoms with Crippen molar-refractivity contribution in [3.05, 3.63) is 10.6 Å². The van der Waals surface area contributed by atoms with E-state index in [1.807, 2.05) is 0 Å². The van der Waals surface area contributed by atoms with Crippen molar-refractivity contribution in [2.24, 2.45) is 0 Å². The van der Waals surface area contributed by atoms with Gasteiger partial charge in [-0.05, 0) is 0 Å². The Bertz CT molecular complexity index is 636. The zero-order chi connectivity index (χ0) is 14.9. The Balaban J connectivity index is 2.30. The normalized spacial score (nSPS) is 17.8. The lowest BCUT2D eigenvalue weighted by atomic mass is 10.3. The molecule has 0 atom stereocenters. The quantitative estimate of drug-likeness (QED) is 0.587. The highest BCUT2D eigenvalue weighted by Crippen LogP contribution is 2.28. The van der Waals surface area contributed by atoms with Crippen LogP contribution in [0.15, 0.2) is 0 Å². The van der Waals surface area contributed by atoms with Gasteiger partial charge in [0.2, 0.25) is 0 Å². The van der Waals surface area contributed by atoms with Crippen molar-refractivity contribution >= 4 is 38.1 Å². The Morgan fingerprint density at radius 1 is 1.30 bits per heavy atom. The second kappa shape index (κ2) is 5.49. The van der Waals surface area contributed by atoms with Gasteiger partial charge in [-0.1, -0.05) is 11.3 Å². The number of methoxy groups -OCH3 is 1. The summed E-state index contributed by atoms with van der Waals surface area (Å²) in [4.78, 5) is 29.3. The molecule has 1 aromatic rings. The highest BCUT2D eigenvalue weighted by Gasteiger charge is 2.27. The fourth-order valence-corrected chi connectivity index (χ4v) is 4.02. The van der Waals surface area contributed by atoms with Crippen molar-refractivity contribution < 1.29 is 22.7 Å². The van der Waals surface area contributed by atoms with Gasteiger partial charge in [0.1, 0.15) is 4.88 Å². The molecule has 0 aromatic carbocycles. The van der Waals surface area contributed by atoms with Crippen LogP contribution in [-0.2, 0) is 14.6 Å². The molecule has 9 heteroatoms. The van der Waals surface area contributed by atoms with E-state index in [0.29, 0.717) is 18.2 Å². The minimum absolute atomic E-state index is 0.00608. The molecule has 0 N–H and O–H groups in total. The number of carbonyl (C=O) groups is 2. The molecule has 20 heavy (non-hydrogen) atoms. The number of ketones is 1. The van der Waals surface area contributed by atoms with E-state index in [0.717, 1.165) is 11.3 Å². The van der Waals surface area contributed by atoms with Gasteiger partial charge in [-0.15, -0.1) is 0 Å². The molecule has 1 fully saturated rings. The fourth-order valence-electron chi connectivity index (χ4n) is 1.82. The molecule has 2 rings (SSSR count). The minimum Gasteiger partial charge on any atom is -0.464 e. The van der Waals surface area contributed by atoms with Gasteiger partial charge in [-0.3, -0.25) is 4.79 Å². The summed E-state index contributed by atoms with van der Waals surface area (Å²) < 4.78 is 27.4. The van der Waals surface area contributed by atoms with E-state index in [1.165, 1.54) is 14.0 Å². The molecule has 110 valence electrons. The van der Waals surface area contributed by atoms with Gasteiger partial charge in [0.25, 0.3) is 0 Å². The Morgan fingerprint density at radius 3 is 2.40 bits per heavy atom. The lowest BCUT2D eigenvalue weighted by Gasteiger charge is -2.25. The van der Waals surface area contributed by atoms with Crippen LogP contribution in [0, 0.1) is 0 Å². The third-order valence-corrected chi connectivity index (χ3v) is 5.76. The maximum absolute atomic E-state index is 11.6. The molecule has 0 saturated carbocycles. The van der Waals surface area contributed by atoms with Gasteiger partial charge >= 0.3 is 5.97 Å². The Labute approximate surface area is 120 Å². The van der Waals surface area contributed by atoms with Gasteiger partial charge in [0.15, 0.2) is 26.4 Å². The second-order valence-corrected chi connectivity index (χ2v) is 7.64. The summed E-state index contributed by atoms with van der Waals surface area (Å²) >= 11 is 1.09. The lowest BCUT2D eigenvalue weighted by Crippen LogP contribution is -2.40. The van der Waals surface area contributed by atoms with Crippen molar-refractivity contribution in [2.45, 2.75) is 6.92 Å². The number of anilines is 1. The number of carbonyl (C=O) groups excluding carboxylic acids is 2. The van der Waals surface area contributed by atoms with Crippen LogP contribution in [0.2, 0.25) is 0 Å². The smallest absolute Gasteiger partial charge is 0.358 e. The largest absolute Gasteiger partial charge is 0.464 e. The molecule has 0 unspecified atom stereocenters. The zero-order valence-electron chi connectivity index (χ0n) is 11.1. The standard InChI is InChI=1S/C11H14N2O5S2/c1-7(14)9-8(10(15)18-2)12-11(19-9)13-3-5-20(16,17)6-4-13/h3-6H2,1-2H3. The van der Waals surface area contributed by atoms with E-state index in [2.05, 4.69) is 9.72 Å². The lowest BCUT2D eigenvalue weighted by molar-refractivity contribution is 0.0591. The number of hydrogen-bond donors (Lipinski definition) is 0. The second-order valence-electron chi connectivity index (χ2n) is 4.36. The summed E-state index contributed by atoms with van der Waals surface area (Å²) in [6, 6.07) is 0. The Kier molecular flexibility index (Phi) is 4.09. The molecule has 1 aliphatic rings. The Hall–Kier alpha value is -1.48. The number of Topliss-reactive ketones (excluding diaryl/α,β-unsaturated/α-hetero) is 1. The maximum Gasteiger partial charge on any atom is 0.358 e. The molecule has 0 bridgehead atoms. The van der Waals surface area contributed by atoms with Gasteiger partial charge < -0.3 is 9.64 Å². The van der Waals surface area contributed by atoms with Crippen molar-refractivity contribution in [2.75, 3.05) is 36.6 Å². The molecule has 7 nitrogen and oxygen atoms in total. The van der Waals surface area contributed by atoms with Gasteiger partial charge in [0, 0.05) is 20.0 Å². The first-order valence-electron chi connectivity index (χ1n) is 5.89. The number of hydrogen-bond acceptors (Lipinski definition) is 8. The minimum atomic E-state index is -2.99. The van der Waals surface area contributed by atoms with Crippen LogP contribution in [0.25, 0.3) is 0 Å². The zero-order valence-corrected chi connectivity index (χ0v) is 12.7. The van der Waals surface area contributed by atoms with Crippen molar-refractivity contribution in [3.63, 3.8) is 0 Å². The van der Waals surface area contributed by atoms with E-state index in [-0.39, 0.29) is 27.9 Å². The fraction of sp³-hybridized carbons (Fsp3) is 0.545. The Morgan fingerprint density at radius 2 is 1.90 bits per heavy atom. The number of rotatable bonds is 3. The van der Waals surface area contributed by atoms with Crippen LogP contribution in [0.4, 0.5) is 5.13 Å². The SMILES string of the molecule is COC(=O)c1nc(N2CCS(=O)(=O)CC2)sc1C(C)=O. The monoisotopic (exact) mass is 318 g/mol. The van der Waals surface area contributed by atoms with Gasteiger partial charge in [0.05, 0.1) is 18.6 Å². The highest BCUT2D eigenvalue weighted by atomic mass is 32.2. The molecular formula is C11H14N2O5S2. The predicted molar refractivity (Wildman–Crippen MR) is 74.3 cm³/mol. The molecule has 0 aliphatic carbocycles. The van der Waals surface area contributed by atoms with E-state index in [9.17, 15) is 18.0 Å². The number of esters is 1. The summed E-state index contributed by atoms with van der Waals surface area (Å²) in [7, 11) is -1.77. The topological polar surface area (TPSA) is 93.6 Å². The third-order valence-electron chi connectivity index (χ3n) is 2.93. The maximum atomic E-state index is 11.6. The molecule has 2 heterocycles. The third kappa shape index (κ3) is 2.98. The molecule has 0 spiro atoms. The average molecular weight is 318 g/mol. The first-order chi connectivity index (χ1) is 9.34. The molecular weight excluding hydrogens is 304 g/mol. The average Bonchev–Trinajstić information content (AvgIpc) is 2.83. The molecule has 0 amide bonds. The van der Waals surface area contributed by atoms with E-state index in [1.54, 1.807) is 4.90 Å². The van der Waals surface area contributed by atoms with Gasteiger partial charge in [-0.25, -0.2) is 18.2 Å². The first kappa shape index (κ1) is 14.9. The molecule has 1 aromatic heterocycles. The predicted octanol–water partition coefficient (Wildman–Crippen LogP) is 0.367. The highest BCUT2D eigenvalue weighted by molar-refractivity contribution is 7.91. The summed E-state index contributed by atoms with van der Waals surface area (Å²) in [6.07, 6.45) is 0. The molecule has 0 radical (unpaired) electrons.